The molecule has 4 rings (SSSR count). The number of ether oxygens (including phenoxy) is 1. The van der Waals surface area contributed by atoms with E-state index < -0.39 is 0 Å². The highest BCUT2D eigenvalue weighted by molar-refractivity contribution is 5.93. The number of hydrogen-bond acceptors (Lipinski definition) is 5. The van der Waals surface area contributed by atoms with Gasteiger partial charge in [0.1, 0.15) is 18.2 Å². The van der Waals surface area contributed by atoms with Crippen molar-refractivity contribution in [3.63, 3.8) is 0 Å². The Hall–Kier alpha value is -3.25. The molecule has 1 amide bonds. The molecule has 30 heavy (non-hydrogen) atoms. The topological polar surface area (TPSA) is 58.6 Å². The lowest BCUT2D eigenvalue weighted by Gasteiger charge is -2.39. The first-order valence-corrected chi connectivity index (χ1v) is 10.3. The first-order chi connectivity index (χ1) is 14.7. The zero-order valence-electron chi connectivity index (χ0n) is 17.1. The standard InChI is InChI=1S/C24H26N4O2/c1-19-25-16-21(17-26-19)24(29)28-14-12-27(13-15-28)23(20-8-4-2-5-9-20)18-30-22-10-6-3-7-11-22/h2-11,16-17,23H,12-15,18H2,1H3. The van der Waals surface area contributed by atoms with E-state index in [9.17, 15) is 4.79 Å². The van der Waals surface area contributed by atoms with Crippen LogP contribution in [0.25, 0.3) is 0 Å². The van der Waals surface area contributed by atoms with Crippen LogP contribution < -0.4 is 4.74 Å². The van der Waals surface area contributed by atoms with Crippen molar-refractivity contribution in [1.82, 2.24) is 19.8 Å². The van der Waals surface area contributed by atoms with Gasteiger partial charge < -0.3 is 9.64 Å². The fourth-order valence-corrected chi connectivity index (χ4v) is 3.70. The maximum absolute atomic E-state index is 12.8. The van der Waals surface area contributed by atoms with Gasteiger partial charge in [0.05, 0.1) is 11.6 Å². The summed E-state index contributed by atoms with van der Waals surface area (Å²) in [5.41, 5.74) is 1.77. The fraction of sp³-hybridized carbons (Fsp3) is 0.292. The molecule has 3 aromatic rings. The highest BCUT2D eigenvalue weighted by atomic mass is 16.5. The van der Waals surface area contributed by atoms with Crippen molar-refractivity contribution in [1.29, 1.82) is 0 Å². The van der Waals surface area contributed by atoms with Crippen molar-refractivity contribution < 1.29 is 9.53 Å². The zero-order valence-corrected chi connectivity index (χ0v) is 17.1. The van der Waals surface area contributed by atoms with E-state index in [1.54, 1.807) is 12.4 Å². The minimum atomic E-state index is -0.00792. The van der Waals surface area contributed by atoms with Crippen molar-refractivity contribution in [2.45, 2.75) is 13.0 Å². The molecule has 6 nitrogen and oxygen atoms in total. The molecule has 0 N–H and O–H groups in total. The molecule has 1 aliphatic heterocycles. The third kappa shape index (κ3) is 4.83. The summed E-state index contributed by atoms with van der Waals surface area (Å²) in [6, 6.07) is 20.4. The minimum Gasteiger partial charge on any atom is -0.492 e. The fourth-order valence-electron chi connectivity index (χ4n) is 3.70. The van der Waals surface area contributed by atoms with E-state index in [1.807, 2.05) is 48.2 Å². The second kappa shape index (κ2) is 9.50. The van der Waals surface area contributed by atoms with Gasteiger partial charge in [0.2, 0.25) is 0 Å². The molecule has 1 saturated heterocycles. The summed E-state index contributed by atoms with van der Waals surface area (Å²) in [5.74, 6) is 1.53. The van der Waals surface area contributed by atoms with Crippen LogP contribution in [-0.2, 0) is 0 Å². The van der Waals surface area contributed by atoms with Gasteiger partial charge in [-0.15, -0.1) is 0 Å². The van der Waals surface area contributed by atoms with Crippen LogP contribution in [0.4, 0.5) is 0 Å². The van der Waals surface area contributed by atoms with E-state index >= 15 is 0 Å². The predicted octanol–water partition coefficient (Wildman–Crippen LogP) is 3.36. The van der Waals surface area contributed by atoms with Gasteiger partial charge in [-0.05, 0) is 24.6 Å². The molecule has 2 heterocycles. The second-order valence-electron chi connectivity index (χ2n) is 7.40. The van der Waals surface area contributed by atoms with Gasteiger partial charge in [-0.2, -0.15) is 0 Å². The van der Waals surface area contributed by atoms with Gasteiger partial charge in [-0.3, -0.25) is 9.69 Å². The summed E-state index contributed by atoms with van der Waals surface area (Å²) in [6.07, 6.45) is 3.22. The van der Waals surface area contributed by atoms with E-state index in [1.165, 1.54) is 5.56 Å². The SMILES string of the molecule is Cc1ncc(C(=O)N2CCN(C(COc3ccccc3)c3ccccc3)CC2)cn1. The molecular weight excluding hydrogens is 376 g/mol. The number of amides is 1. The zero-order chi connectivity index (χ0) is 20.8. The summed E-state index contributed by atoms with van der Waals surface area (Å²) < 4.78 is 6.09. The first-order valence-electron chi connectivity index (χ1n) is 10.3. The normalized spacial score (nSPS) is 15.6. The maximum Gasteiger partial charge on any atom is 0.257 e. The number of carbonyl (C=O) groups excluding carboxylic acids is 1. The van der Waals surface area contributed by atoms with Crippen molar-refractivity contribution in [3.05, 3.63) is 90.0 Å². The number of aryl methyl sites for hydroxylation is 1. The number of aromatic nitrogens is 2. The van der Waals surface area contributed by atoms with E-state index in [2.05, 4.69) is 39.1 Å². The van der Waals surface area contributed by atoms with Gasteiger partial charge >= 0.3 is 0 Å². The van der Waals surface area contributed by atoms with Gasteiger partial charge in [0, 0.05) is 38.6 Å². The van der Waals surface area contributed by atoms with Crippen LogP contribution in [0.2, 0.25) is 0 Å². The summed E-state index contributed by atoms with van der Waals surface area (Å²) in [6.45, 7) is 5.29. The summed E-state index contributed by atoms with van der Waals surface area (Å²) in [4.78, 5) is 25.3. The molecule has 1 unspecified atom stereocenters. The van der Waals surface area contributed by atoms with E-state index in [-0.39, 0.29) is 11.9 Å². The average Bonchev–Trinajstić information content (AvgIpc) is 2.81. The molecule has 1 aliphatic rings. The van der Waals surface area contributed by atoms with Crippen LogP contribution in [0.15, 0.2) is 73.1 Å². The number of nitrogens with zero attached hydrogens (tertiary/aromatic N) is 4. The summed E-state index contributed by atoms with van der Waals surface area (Å²) in [5, 5.41) is 0. The lowest BCUT2D eigenvalue weighted by molar-refractivity contribution is 0.0498. The quantitative estimate of drug-likeness (QED) is 0.633. The highest BCUT2D eigenvalue weighted by Crippen LogP contribution is 2.24. The van der Waals surface area contributed by atoms with E-state index in [4.69, 9.17) is 4.74 Å². The highest BCUT2D eigenvalue weighted by Gasteiger charge is 2.28. The summed E-state index contributed by atoms with van der Waals surface area (Å²) in [7, 11) is 0. The second-order valence-corrected chi connectivity index (χ2v) is 7.40. The monoisotopic (exact) mass is 402 g/mol. The van der Waals surface area contributed by atoms with Gasteiger partial charge in [0.15, 0.2) is 0 Å². The molecule has 1 fully saturated rings. The molecular formula is C24H26N4O2. The Bertz CT molecular complexity index is 940. The number of para-hydroxylation sites is 1. The van der Waals surface area contributed by atoms with Crippen LogP contribution in [-0.4, -0.2) is 58.5 Å². The van der Waals surface area contributed by atoms with Crippen LogP contribution in [0.1, 0.15) is 27.8 Å². The van der Waals surface area contributed by atoms with Gasteiger partial charge in [-0.1, -0.05) is 48.5 Å². The summed E-state index contributed by atoms with van der Waals surface area (Å²) >= 11 is 0. The van der Waals surface area contributed by atoms with Crippen LogP contribution in [0.3, 0.4) is 0 Å². The molecule has 0 radical (unpaired) electrons. The molecule has 0 spiro atoms. The van der Waals surface area contributed by atoms with Gasteiger partial charge in [0.25, 0.3) is 5.91 Å². The molecule has 0 bridgehead atoms. The molecule has 2 aromatic carbocycles. The van der Waals surface area contributed by atoms with Crippen molar-refractivity contribution in [3.8, 4) is 5.75 Å². The molecule has 0 aliphatic carbocycles. The van der Waals surface area contributed by atoms with Crippen molar-refractivity contribution in [2.24, 2.45) is 0 Å². The Morgan fingerprint density at radius 3 is 2.17 bits per heavy atom. The van der Waals surface area contributed by atoms with Crippen LogP contribution in [0, 0.1) is 6.92 Å². The minimum absolute atomic E-state index is 0.00792. The maximum atomic E-state index is 12.8. The predicted molar refractivity (Wildman–Crippen MR) is 115 cm³/mol. The molecule has 6 heteroatoms. The smallest absolute Gasteiger partial charge is 0.257 e. The van der Waals surface area contributed by atoms with Crippen molar-refractivity contribution in [2.75, 3.05) is 32.8 Å². The van der Waals surface area contributed by atoms with Crippen LogP contribution >= 0.6 is 0 Å². The van der Waals surface area contributed by atoms with Crippen LogP contribution in [0.5, 0.6) is 5.75 Å². The molecule has 1 aromatic heterocycles. The Kier molecular flexibility index (Phi) is 6.35. The third-order valence-electron chi connectivity index (χ3n) is 5.41. The number of hydrogen-bond donors (Lipinski definition) is 0. The number of piperazine rings is 1. The average molecular weight is 402 g/mol. The Morgan fingerprint density at radius 2 is 1.53 bits per heavy atom. The molecule has 154 valence electrons. The number of benzene rings is 2. The van der Waals surface area contributed by atoms with Gasteiger partial charge in [-0.25, -0.2) is 9.97 Å². The lowest BCUT2D eigenvalue weighted by atomic mass is 10.0. The van der Waals surface area contributed by atoms with Crippen molar-refractivity contribution >= 4 is 5.91 Å². The Morgan fingerprint density at radius 1 is 0.933 bits per heavy atom. The number of rotatable bonds is 6. The lowest BCUT2D eigenvalue weighted by Crippen LogP contribution is -2.50. The first kappa shape index (κ1) is 20.0. The third-order valence-corrected chi connectivity index (χ3v) is 5.41. The molecule has 1 atom stereocenters. The Balaban J connectivity index is 1.42. The number of carbonyl (C=O) groups is 1. The largest absolute Gasteiger partial charge is 0.492 e. The van der Waals surface area contributed by atoms with E-state index in [0.717, 1.165) is 18.8 Å². The van der Waals surface area contributed by atoms with E-state index in [0.29, 0.717) is 31.1 Å². The molecule has 0 saturated carbocycles. The Labute approximate surface area is 177 Å².